The second-order valence-corrected chi connectivity index (χ2v) is 7.81. The summed E-state index contributed by atoms with van der Waals surface area (Å²) in [6.45, 7) is 2.20. The van der Waals surface area contributed by atoms with E-state index in [4.69, 9.17) is 10.8 Å². The Morgan fingerprint density at radius 1 is 1.23 bits per heavy atom. The molecule has 0 saturated heterocycles. The molecule has 2 heterocycles. The first-order chi connectivity index (χ1) is 14.9. The molecule has 0 radical (unpaired) electrons. The van der Waals surface area contributed by atoms with Crippen LogP contribution in [0, 0.1) is 10.8 Å². The van der Waals surface area contributed by atoms with Crippen molar-refractivity contribution in [2.75, 3.05) is 6.61 Å². The van der Waals surface area contributed by atoms with Crippen molar-refractivity contribution in [3.63, 3.8) is 0 Å². The minimum absolute atomic E-state index is 0.138. The van der Waals surface area contributed by atoms with Gasteiger partial charge in [0.05, 0.1) is 23.7 Å². The highest BCUT2D eigenvalue weighted by molar-refractivity contribution is 5.99. The van der Waals surface area contributed by atoms with Crippen molar-refractivity contribution in [1.82, 2.24) is 14.5 Å². The van der Waals surface area contributed by atoms with Crippen molar-refractivity contribution in [2.45, 2.75) is 38.8 Å². The second kappa shape index (κ2) is 8.31. The van der Waals surface area contributed by atoms with Crippen molar-refractivity contribution < 1.29 is 9.90 Å². The minimum atomic E-state index is -0.613. The minimum Gasteiger partial charge on any atom is -0.394 e. The number of aromatic amines is 1. The van der Waals surface area contributed by atoms with Gasteiger partial charge in [0.1, 0.15) is 5.84 Å². The monoisotopic (exact) mass is 419 g/mol. The van der Waals surface area contributed by atoms with Gasteiger partial charge >= 0.3 is 0 Å². The molecule has 2 aromatic carbocycles. The van der Waals surface area contributed by atoms with Gasteiger partial charge in [0.25, 0.3) is 11.5 Å². The molecule has 1 aliphatic rings. The molecule has 31 heavy (non-hydrogen) atoms. The number of carbonyl (C=O) groups excluding carboxylic acids is 1. The summed E-state index contributed by atoms with van der Waals surface area (Å²) in [5.41, 5.74) is 2.54. The Morgan fingerprint density at radius 3 is 2.68 bits per heavy atom. The van der Waals surface area contributed by atoms with Gasteiger partial charge in [-0.25, -0.2) is 0 Å². The van der Waals surface area contributed by atoms with E-state index >= 15 is 0 Å². The van der Waals surface area contributed by atoms with Gasteiger partial charge < -0.3 is 15.0 Å². The fraction of sp³-hybridized carbons (Fsp3) is 0.304. The van der Waals surface area contributed by atoms with Crippen LogP contribution in [0.5, 0.6) is 0 Å². The fourth-order valence-electron chi connectivity index (χ4n) is 4.15. The Balaban J connectivity index is 1.76. The van der Waals surface area contributed by atoms with E-state index in [9.17, 15) is 14.7 Å². The van der Waals surface area contributed by atoms with E-state index < -0.39 is 5.56 Å². The van der Waals surface area contributed by atoms with E-state index in [1.807, 2.05) is 31.2 Å². The maximum atomic E-state index is 13.3. The van der Waals surface area contributed by atoms with Gasteiger partial charge in [-0.15, -0.1) is 0 Å². The van der Waals surface area contributed by atoms with E-state index in [0.717, 1.165) is 17.5 Å². The smallest absolute Gasteiger partial charge is 0.291 e. The number of benzene rings is 2. The molecule has 8 heteroatoms. The first-order valence-electron chi connectivity index (χ1n) is 10.3. The Bertz CT molecular complexity index is 1290. The van der Waals surface area contributed by atoms with Crippen LogP contribution in [0.15, 0.2) is 47.3 Å². The summed E-state index contributed by atoms with van der Waals surface area (Å²) >= 11 is 0. The van der Waals surface area contributed by atoms with Crippen LogP contribution in [-0.2, 0) is 13.0 Å². The Kier molecular flexibility index (Phi) is 5.56. The van der Waals surface area contributed by atoms with Crippen LogP contribution in [0.2, 0.25) is 0 Å². The number of aliphatic hydroxyl groups excluding tert-OH is 1. The van der Waals surface area contributed by atoms with Gasteiger partial charge in [-0.1, -0.05) is 31.2 Å². The zero-order valence-corrected chi connectivity index (χ0v) is 17.3. The van der Waals surface area contributed by atoms with Gasteiger partial charge in [0.15, 0.2) is 5.49 Å². The number of H-pyrrole nitrogens is 1. The number of aromatic nitrogens is 2. The highest BCUT2D eigenvalue weighted by atomic mass is 16.3. The van der Waals surface area contributed by atoms with Crippen LogP contribution >= 0.6 is 0 Å². The summed E-state index contributed by atoms with van der Waals surface area (Å²) in [6.07, 6.45) is 1.73. The normalized spacial score (nSPS) is 15.7. The fourth-order valence-corrected chi connectivity index (χ4v) is 4.15. The van der Waals surface area contributed by atoms with Crippen molar-refractivity contribution >= 4 is 22.8 Å². The van der Waals surface area contributed by atoms with E-state index in [0.29, 0.717) is 36.0 Å². The molecule has 1 amide bonds. The first kappa shape index (κ1) is 20.7. The van der Waals surface area contributed by atoms with Crippen molar-refractivity contribution in [2.24, 2.45) is 0 Å². The molecule has 8 nitrogen and oxygen atoms in total. The molecule has 0 unspecified atom stereocenters. The number of aliphatic hydroxyl groups is 1. The summed E-state index contributed by atoms with van der Waals surface area (Å²) in [5, 5.41) is 26.2. The summed E-state index contributed by atoms with van der Waals surface area (Å²) in [6, 6.07) is 12.5. The average Bonchev–Trinajstić information content (AvgIpc) is 2.78. The molecule has 4 N–H and O–H groups in total. The summed E-state index contributed by atoms with van der Waals surface area (Å²) in [4.78, 5) is 29.9. The molecule has 1 aromatic heterocycles. The molecular weight excluding hydrogens is 394 g/mol. The van der Waals surface area contributed by atoms with Crippen molar-refractivity contribution in [3.8, 4) is 0 Å². The Labute approximate surface area is 178 Å². The molecular formula is C23H25N5O3. The van der Waals surface area contributed by atoms with Crippen molar-refractivity contribution in [1.29, 1.82) is 10.8 Å². The Morgan fingerprint density at radius 2 is 1.97 bits per heavy atom. The molecule has 0 saturated carbocycles. The lowest BCUT2D eigenvalue weighted by atomic mass is 9.93. The van der Waals surface area contributed by atoms with Crippen LogP contribution in [-0.4, -0.2) is 43.9 Å². The second-order valence-electron chi connectivity index (χ2n) is 7.81. The number of carbonyl (C=O) groups is 1. The maximum absolute atomic E-state index is 13.3. The summed E-state index contributed by atoms with van der Waals surface area (Å²) in [7, 11) is 0. The summed E-state index contributed by atoms with van der Waals surface area (Å²) in [5.74, 6) is -0.0721. The number of hydrogen-bond acceptors (Lipinski definition) is 5. The van der Waals surface area contributed by atoms with Gasteiger partial charge in [0.2, 0.25) is 0 Å². The SMILES string of the molecule is CCCC(=N)n1c(=N)c(=O)[nH]c2cc(C(=O)N3Cc4ccccc4C[C@H]3CO)ccc21. The van der Waals surface area contributed by atoms with E-state index in [1.165, 1.54) is 4.57 Å². The number of hydrogen-bond donors (Lipinski definition) is 4. The highest BCUT2D eigenvalue weighted by Crippen LogP contribution is 2.25. The lowest BCUT2D eigenvalue weighted by Crippen LogP contribution is -2.46. The number of nitrogens with zero attached hydrogens (tertiary/aromatic N) is 2. The number of nitrogens with one attached hydrogen (secondary N) is 3. The third-order valence-electron chi connectivity index (χ3n) is 5.76. The Hall–Kier alpha value is -3.52. The molecule has 0 spiro atoms. The van der Waals surface area contributed by atoms with Crippen LogP contribution in [0.1, 0.15) is 41.3 Å². The average molecular weight is 419 g/mol. The number of amides is 1. The third kappa shape index (κ3) is 3.70. The van der Waals surface area contributed by atoms with Gasteiger partial charge in [0, 0.05) is 18.5 Å². The molecule has 3 aromatic rings. The highest BCUT2D eigenvalue weighted by Gasteiger charge is 2.30. The molecule has 160 valence electrons. The van der Waals surface area contributed by atoms with E-state index in [-0.39, 0.29) is 29.9 Å². The molecule has 4 rings (SSSR count). The van der Waals surface area contributed by atoms with Crippen LogP contribution in [0.4, 0.5) is 0 Å². The predicted molar refractivity (Wildman–Crippen MR) is 117 cm³/mol. The number of fused-ring (bicyclic) bond motifs is 2. The molecule has 0 aliphatic carbocycles. The lowest BCUT2D eigenvalue weighted by Gasteiger charge is -2.36. The maximum Gasteiger partial charge on any atom is 0.291 e. The molecule has 1 aliphatic heterocycles. The van der Waals surface area contributed by atoms with Gasteiger partial charge in [-0.2, -0.15) is 0 Å². The third-order valence-corrected chi connectivity index (χ3v) is 5.76. The largest absolute Gasteiger partial charge is 0.394 e. The zero-order chi connectivity index (χ0) is 22.1. The van der Waals surface area contributed by atoms with Crippen molar-refractivity contribution in [3.05, 3.63) is 75.0 Å². The number of rotatable bonds is 4. The molecule has 0 fully saturated rings. The van der Waals surface area contributed by atoms with Crippen LogP contribution in [0.25, 0.3) is 11.0 Å². The van der Waals surface area contributed by atoms with Gasteiger partial charge in [-0.3, -0.25) is 25.0 Å². The zero-order valence-electron chi connectivity index (χ0n) is 17.3. The standard InChI is InChI=1S/C23H25N5O3/c1-2-5-20(24)28-19-9-8-15(11-18(19)26-22(30)21(28)25)23(31)27-12-16-7-4-3-6-14(16)10-17(27)13-29/h3-4,6-9,11,17,24-25,29H,2,5,10,12-13H2,1H3,(H,26,30)/t17-/m0/s1. The first-order valence-corrected chi connectivity index (χ1v) is 10.3. The van der Waals surface area contributed by atoms with E-state index in [2.05, 4.69) is 4.98 Å². The topological polar surface area (TPSA) is 126 Å². The quantitative estimate of drug-likeness (QED) is 0.382. The van der Waals surface area contributed by atoms with Crippen LogP contribution in [0.3, 0.4) is 0 Å². The molecule has 0 bridgehead atoms. The summed E-state index contributed by atoms with van der Waals surface area (Å²) < 4.78 is 1.32. The van der Waals surface area contributed by atoms with Gasteiger partial charge in [-0.05, 0) is 42.2 Å². The van der Waals surface area contributed by atoms with E-state index in [1.54, 1.807) is 23.1 Å². The predicted octanol–water partition coefficient (Wildman–Crippen LogP) is 1.99. The molecule has 1 atom stereocenters. The van der Waals surface area contributed by atoms with Crippen LogP contribution < -0.4 is 11.0 Å². The lowest BCUT2D eigenvalue weighted by molar-refractivity contribution is 0.0544.